The van der Waals surface area contributed by atoms with Gasteiger partial charge in [-0.15, -0.1) is 0 Å². The van der Waals surface area contributed by atoms with Gasteiger partial charge in [0.05, 0.1) is 5.56 Å². The number of carbonyl (C=O) groups is 2. The molecule has 0 unspecified atom stereocenters. The van der Waals surface area contributed by atoms with Gasteiger partial charge in [0, 0.05) is 16.2 Å². The molecular weight excluding hydrogens is 378 g/mol. The van der Waals surface area contributed by atoms with Gasteiger partial charge in [-0.2, -0.15) is 0 Å². The molecule has 1 heterocycles. The number of amides is 1. The minimum Gasteiger partial charge on any atom is -0.480 e. The Kier molecular flexibility index (Phi) is 4.71. The van der Waals surface area contributed by atoms with E-state index in [4.69, 9.17) is 14.2 Å². The Hall–Kier alpha value is -2.54. The Bertz CT molecular complexity index is 793. The van der Waals surface area contributed by atoms with Crippen LogP contribution in [0.3, 0.4) is 0 Å². The summed E-state index contributed by atoms with van der Waals surface area (Å²) in [6.45, 7) is 1.78. The van der Waals surface area contributed by atoms with E-state index in [-0.39, 0.29) is 12.7 Å². The second kappa shape index (κ2) is 6.92. The summed E-state index contributed by atoms with van der Waals surface area (Å²) in [7, 11) is 0. The van der Waals surface area contributed by atoms with Crippen LogP contribution in [0, 0.1) is 0 Å². The van der Waals surface area contributed by atoms with Crippen molar-refractivity contribution in [1.82, 2.24) is 0 Å². The minimum absolute atomic E-state index is 0.171. The van der Waals surface area contributed by atoms with Gasteiger partial charge < -0.3 is 19.5 Å². The number of anilines is 1. The molecule has 3 rings (SSSR count). The molecule has 24 heavy (non-hydrogen) atoms. The predicted octanol–water partition coefficient (Wildman–Crippen LogP) is 3.40. The number of rotatable bonds is 5. The molecule has 1 aliphatic rings. The second-order valence-corrected chi connectivity index (χ2v) is 6.03. The van der Waals surface area contributed by atoms with Crippen molar-refractivity contribution in [2.24, 2.45) is 0 Å². The first-order valence-electron chi connectivity index (χ1n) is 7.19. The van der Waals surface area contributed by atoms with E-state index in [1.54, 1.807) is 43.3 Å². The molecule has 0 radical (unpaired) electrons. The lowest BCUT2D eigenvalue weighted by Crippen LogP contribution is -2.30. The van der Waals surface area contributed by atoms with Crippen molar-refractivity contribution in [3.8, 4) is 17.2 Å². The van der Waals surface area contributed by atoms with Crippen LogP contribution >= 0.6 is 15.9 Å². The first-order valence-corrected chi connectivity index (χ1v) is 7.98. The molecule has 1 amide bonds. The summed E-state index contributed by atoms with van der Waals surface area (Å²) < 4.78 is 16.9. The van der Waals surface area contributed by atoms with Gasteiger partial charge in [-0.25, -0.2) is 0 Å². The zero-order chi connectivity index (χ0) is 17.1. The number of nitrogens with one attached hydrogen (secondary N) is 1. The molecule has 0 spiro atoms. The third kappa shape index (κ3) is 3.51. The van der Waals surface area contributed by atoms with Gasteiger partial charge in [-0.05, 0) is 37.3 Å². The Labute approximate surface area is 146 Å². The van der Waals surface area contributed by atoms with Crippen LogP contribution in [0.15, 0.2) is 40.9 Å². The van der Waals surface area contributed by atoms with Crippen LogP contribution in [-0.4, -0.2) is 25.1 Å². The monoisotopic (exact) mass is 391 g/mol. The fourth-order valence-electron chi connectivity index (χ4n) is 2.18. The lowest BCUT2D eigenvalue weighted by Gasteiger charge is -2.16. The highest BCUT2D eigenvalue weighted by atomic mass is 79.9. The van der Waals surface area contributed by atoms with Crippen LogP contribution in [0.5, 0.6) is 17.2 Å². The molecule has 1 N–H and O–H groups in total. The highest BCUT2D eigenvalue weighted by Crippen LogP contribution is 2.34. The molecule has 1 atom stereocenters. The molecule has 0 aromatic heterocycles. The highest BCUT2D eigenvalue weighted by molar-refractivity contribution is 9.10. The van der Waals surface area contributed by atoms with E-state index in [1.165, 1.54) is 0 Å². The van der Waals surface area contributed by atoms with Gasteiger partial charge in [-0.3, -0.25) is 9.59 Å². The van der Waals surface area contributed by atoms with E-state index >= 15 is 0 Å². The van der Waals surface area contributed by atoms with E-state index in [0.29, 0.717) is 34.8 Å². The molecular formula is C17H14BrNO5. The molecule has 1 aliphatic heterocycles. The van der Waals surface area contributed by atoms with Crippen LogP contribution in [0.2, 0.25) is 0 Å². The van der Waals surface area contributed by atoms with Crippen molar-refractivity contribution in [2.45, 2.75) is 13.0 Å². The topological polar surface area (TPSA) is 73.9 Å². The van der Waals surface area contributed by atoms with Crippen LogP contribution in [0.4, 0.5) is 5.69 Å². The van der Waals surface area contributed by atoms with Gasteiger partial charge in [0.1, 0.15) is 5.75 Å². The number of hydrogen-bond acceptors (Lipinski definition) is 5. The van der Waals surface area contributed by atoms with Crippen LogP contribution in [-0.2, 0) is 4.79 Å². The summed E-state index contributed by atoms with van der Waals surface area (Å²) in [6, 6.07) is 10.1. The zero-order valence-corrected chi connectivity index (χ0v) is 14.3. The Morgan fingerprint density at radius 2 is 2.04 bits per heavy atom. The van der Waals surface area contributed by atoms with Crippen LogP contribution in [0.1, 0.15) is 17.3 Å². The van der Waals surface area contributed by atoms with E-state index < -0.39 is 6.10 Å². The number of benzene rings is 2. The maximum Gasteiger partial charge on any atom is 0.265 e. The zero-order valence-electron chi connectivity index (χ0n) is 12.7. The number of hydrogen-bond donors (Lipinski definition) is 1. The maximum atomic E-state index is 12.3. The molecule has 0 fully saturated rings. The quantitative estimate of drug-likeness (QED) is 0.790. The highest BCUT2D eigenvalue weighted by Gasteiger charge is 2.19. The summed E-state index contributed by atoms with van der Waals surface area (Å²) in [5.74, 6) is 1.23. The van der Waals surface area contributed by atoms with Crippen molar-refractivity contribution in [2.75, 3.05) is 12.1 Å². The first-order chi connectivity index (χ1) is 11.6. The average Bonchev–Trinajstić information content (AvgIpc) is 3.04. The summed E-state index contributed by atoms with van der Waals surface area (Å²) in [5, 5.41) is 2.74. The number of ether oxygens (including phenoxy) is 3. The number of carbonyl (C=O) groups excluding carboxylic acids is 2. The minimum atomic E-state index is -0.782. The molecule has 6 nitrogen and oxygen atoms in total. The fraction of sp³-hybridized carbons (Fsp3) is 0.176. The van der Waals surface area contributed by atoms with Gasteiger partial charge in [0.25, 0.3) is 5.91 Å². The van der Waals surface area contributed by atoms with Gasteiger partial charge in [0.15, 0.2) is 23.9 Å². The molecule has 7 heteroatoms. The van der Waals surface area contributed by atoms with E-state index in [2.05, 4.69) is 21.2 Å². The molecule has 0 aliphatic carbocycles. The smallest absolute Gasteiger partial charge is 0.265 e. The average molecular weight is 392 g/mol. The van der Waals surface area contributed by atoms with E-state index in [0.717, 1.165) is 4.47 Å². The van der Waals surface area contributed by atoms with Gasteiger partial charge in [0.2, 0.25) is 6.79 Å². The molecule has 0 saturated carbocycles. The second-order valence-electron chi connectivity index (χ2n) is 5.12. The first kappa shape index (κ1) is 16.3. The molecule has 124 valence electrons. The standard InChI is InChI=1S/C17H14BrNO5/c1-10(24-14-4-2-12(18)6-11(14)8-20)17(21)19-13-3-5-15-16(7-13)23-9-22-15/h2-8,10H,9H2,1H3,(H,19,21)/t10-/m0/s1. The SMILES string of the molecule is C[C@H](Oc1ccc(Br)cc1C=O)C(=O)Nc1ccc2c(c1)OCO2. The number of fused-ring (bicyclic) bond motifs is 1. The third-order valence-electron chi connectivity index (χ3n) is 3.41. The molecule has 2 aromatic carbocycles. The normalized spacial score (nSPS) is 13.2. The van der Waals surface area contributed by atoms with Crippen molar-refractivity contribution < 1.29 is 23.8 Å². The van der Waals surface area contributed by atoms with Crippen LogP contribution < -0.4 is 19.5 Å². The van der Waals surface area contributed by atoms with Crippen molar-refractivity contribution in [1.29, 1.82) is 0 Å². The fourth-order valence-corrected chi connectivity index (χ4v) is 2.56. The summed E-state index contributed by atoms with van der Waals surface area (Å²) in [6.07, 6.45) is -0.0990. The van der Waals surface area contributed by atoms with Crippen molar-refractivity contribution in [3.05, 3.63) is 46.4 Å². The Balaban J connectivity index is 1.68. The molecule has 2 aromatic rings. The predicted molar refractivity (Wildman–Crippen MR) is 90.8 cm³/mol. The van der Waals surface area contributed by atoms with Gasteiger partial charge in [-0.1, -0.05) is 15.9 Å². The lowest BCUT2D eigenvalue weighted by molar-refractivity contribution is -0.122. The summed E-state index contributed by atoms with van der Waals surface area (Å²) in [5.41, 5.74) is 0.943. The van der Waals surface area contributed by atoms with E-state index in [9.17, 15) is 9.59 Å². The Morgan fingerprint density at radius 3 is 2.83 bits per heavy atom. The maximum absolute atomic E-state index is 12.3. The summed E-state index contributed by atoms with van der Waals surface area (Å²) in [4.78, 5) is 23.4. The molecule has 0 saturated heterocycles. The lowest BCUT2D eigenvalue weighted by atomic mass is 10.2. The Morgan fingerprint density at radius 1 is 1.25 bits per heavy atom. The molecule has 0 bridgehead atoms. The van der Waals surface area contributed by atoms with Gasteiger partial charge >= 0.3 is 0 Å². The van der Waals surface area contributed by atoms with E-state index in [1.807, 2.05) is 0 Å². The van der Waals surface area contributed by atoms with Crippen LogP contribution in [0.25, 0.3) is 0 Å². The summed E-state index contributed by atoms with van der Waals surface area (Å²) >= 11 is 3.29. The third-order valence-corrected chi connectivity index (χ3v) is 3.91. The number of aldehydes is 1. The number of halogens is 1. The van der Waals surface area contributed by atoms with Crippen molar-refractivity contribution in [3.63, 3.8) is 0 Å². The van der Waals surface area contributed by atoms with Crippen molar-refractivity contribution >= 4 is 33.8 Å². The largest absolute Gasteiger partial charge is 0.480 e.